The van der Waals surface area contributed by atoms with Crippen LogP contribution in [0.25, 0.3) is 32.7 Å². The summed E-state index contributed by atoms with van der Waals surface area (Å²) in [6, 6.07) is 23.4. The van der Waals surface area contributed by atoms with Crippen molar-refractivity contribution in [3.63, 3.8) is 0 Å². The molecule has 1 aliphatic heterocycles. The molecule has 0 spiro atoms. The summed E-state index contributed by atoms with van der Waals surface area (Å²) in [7, 11) is 0. The summed E-state index contributed by atoms with van der Waals surface area (Å²) in [5.74, 6) is -2.52. The smallest absolute Gasteiger partial charge is 0.305 e. The molecule has 10 nitrogen and oxygen atoms in total. The van der Waals surface area contributed by atoms with Gasteiger partial charge in [0, 0.05) is 40.7 Å². The number of amides is 1. The van der Waals surface area contributed by atoms with Gasteiger partial charge >= 0.3 is 5.97 Å². The van der Waals surface area contributed by atoms with Gasteiger partial charge < -0.3 is 24.5 Å². The Kier molecular flexibility index (Phi) is 11.2. The second-order valence-electron chi connectivity index (χ2n) is 13.0. The zero-order valence-electron chi connectivity index (χ0n) is 28.2. The molecule has 4 aromatic rings. The second-order valence-corrected chi connectivity index (χ2v) is 13.0. The summed E-state index contributed by atoms with van der Waals surface area (Å²) in [5, 5.41) is 16.2. The molecule has 0 aliphatic carbocycles. The fourth-order valence-electron chi connectivity index (χ4n) is 6.72. The maximum absolute atomic E-state index is 14.4. The van der Waals surface area contributed by atoms with E-state index in [9.17, 15) is 19.1 Å². The number of halogens is 1. The summed E-state index contributed by atoms with van der Waals surface area (Å²) in [5.41, 5.74) is 15.0. The van der Waals surface area contributed by atoms with Gasteiger partial charge in [-0.15, -0.1) is 0 Å². The monoisotopic (exact) mass is 667 g/mol. The van der Waals surface area contributed by atoms with E-state index in [-0.39, 0.29) is 43.4 Å². The maximum Gasteiger partial charge on any atom is 0.305 e. The van der Waals surface area contributed by atoms with Crippen LogP contribution in [-0.2, 0) is 33.8 Å². The number of aliphatic carboxylic acids is 1. The van der Waals surface area contributed by atoms with Gasteiger partial charge in [0.1, 0.15) is 11.5 Å². The first-order valence-corrected chi connectivity index (χ1v) is 16.5. The van der Waals surface area contributed by atoms with Crippen molar-refractivity contribution in [3.8, 4) is 22.3 Å². The minimum Gasteiger partial charge on any atom is -0.481 e. The quantitative estimate of drug-likeness (QED) is 0.0835. The fraction of sp³-hybridized carbons (Fsp3) is 0.368. The molecule has 2 atom stereocenters. The van der Waals surface area contributed by atoms with Gasteiger partial charge in [-0.25, -0.2) is 4.39 Å². The molecule has 0 saturated carbocycles. The van der Waals surface area contributed by atoms with E-state index >= 15 is 0 Å². The van der Waals surface area contributed by atoms with Gasteiger partial charge in [-0.05, 0) is 80.5 Å². The van der Waals surface area contributed by atoms with Crippen molar-refractivity contribution < 1.29 is 28.6 Å². The molecule has 49 heavy (non-hydrogen) atoms. The molecule has 1 saturated heterocycles. The van der Waals surface area contributed by atoms with Crippen molar-refractivity contribution in [1.29, 1.82) is 0 Å². The Labute approximate surface area is 285 Å². The number of ether oxygens (including phenoxy) is 2. The molecule has 0 radical (unpaired) electrons. The zero-order chi connectivity index (χ0) is 35.1. The van der Waals surface area contributed by atoms with Gasteiger partial charge in [-0.1, -0.05) is 71.8 Å². The lowest BCUT2D eigenvalue weighted by Crippen LogP contribution is -2.45. The number of rotatable bonds is 13. The number of hydrogen-bond donors (Lipinski definition) is 2. The third-order valence-corrected chi connectivity index (χ3v) is 8.53. The van der Waals surface area contributed by atoms with Crippen LogP contribution in [0.5, 0.6) is 0 Å². The van der Waals surface area contributed by atoms with Crippen molar-refractivity contribution >= 4 is 11.9 Å². The lowest BCUT2D eigenvalue weighted by molar-refractivity contribution is -0.300. The molecular formula is C38H42FN5O5. The van der Waals surface area contributed by atoms with Crippen LogP contribution >= 0.6 is 0 Å². The predicted molar refractivity (Wildman–Crippen MR) is 185 cm³/mol. The van der Waals surface area contributed by atoms with Crippen LogP contribution in [0.1, 0.15) is 80.3 Å². The second kappa shape index (κ2) is 15.5. The number of aromatic nitrogens is 1. The van der Waals surface area contributed by atoms with Crippen molar-refractivity contribution in [1.82, 2.24) is 9.88 Å². The van der Waals surface area contributed by atoms with Crippen LogP contribution in [0.15, 0.2) is 84.0 Å². The minimum atomic E-state index is -0.957. The summed E-state index contributed by atoms with van der Waals surface area (Å²) in [4.78, 5) is 28.8. The summed E-state index contributed by atoms with van der Waals surface area (Å²) in [6.45, 7) is 8.09. The van der Waals surface area contributed by atoms with Crippen LogP contribution in [0, 0.1) is 5.82 Å². The first-order valence-electron chi connectivity index (χ1n) is 16.5. The number of carboxylic acid groups (broad SMARTS) is 1. The summed E-state index contributed by atoms with van der Waals surface area (Å²) < 4.78 is 28.5. The van der Waals surface area contributed by atoms with Crippen molar-refractivity contribution in [2.75, 3.05) is 0 Å². The first kappa shape index (κ1) is 35.3. The highest BCUT2D eigenvalue weighted by atomic mass is 19.1. The predicted octanol–water partition coefficient (Wildman–Crippen LogP) is 8.60. The lowest BCUT2D eigenvalue weighted by atomic mass is 9.92. The average Bonchev–Trinajstić information content (AvgIpc) is 3.41. The third kappa shape index (κ3) is 8.75. The molecule has 11 heteroatoms. The Balaban J connectivity index is 1.60. The van der Waals surface area contributed by atoms with E-state index in [2.05, 4.69) is 19.9 Å². The normalized spacial score (nSPS) is 17.0. The van der Waals surface area contributed by atoms with E-state index in [0.29, 0.717) is 25.0 Å². The van der Waals surface area contributed by atoms with Crippen LogP contribution < -0.4 is 5.32 Å². The average molecular weight is 668 g/mol. The van der Waals surface area contributed by atoms with E-state index in [0.717, 1.165) is 39.1 Å². The zero-order valence-corrected chi connectivity index (χ0v) is 28.2. The van der Waals surface area contributed by atoms with Gasteiger partial charge in [0.05, 0.1) is 25.2 Å². The number of benzene rings is 3. The largest absolute Gasteiger partial charge is 0.481 e. The molecule has 1 fully saturated rings. The van der Waals surface area contributed by atoms with Crippen LogP contribution in [0.4, 0.5) is 4.39 Å². The molecule has 2 unspecified atom stereocenters. The highest BCUT2D eigenvalue weighted by Crippen LogP contribution is 2.43. The Morgan fingerprint density at radius 3 is 2.35 bits per heavy atom. The summed E-state index contributed by atoms with van der Waals surface area (Å²) >= 11 is 0. The van der Waals surface area contributed by atoms with E-state index < -0.39 is 17.9 Å². The van der Waals surface area contributed by atoms with Gasteiger partial charge in [-0.2, -0.15) is 0 Å². The van der Waals surface area contributed by atoms with Gasteiger partial charge in [-0.3, -0.25) is 9.59 Å². The molecule has 2 N–H and O–H groups in total. The molecule has 1 aromatic heterocycles. The summed E-state index contributed by atoms with van der Waals surface area (Å²) in [6.07, 6.45) is 0.553. The number of carboxylic acids is 1. The highest BCUT2D eigenvalue weighted by Gasteiger charge is 2.37. The molecule has 256 valence electrons. The molecule has 0 bridgehead atoms. The number of hydrogen-bond acceptors (Lipinski definition) is 5. The number of nitrogens with one attached hydrogen (secondary N) is 1. The van der Waals surface area contributed by atoms with Crippen LogP contribution in [0.2, 0.25) is 0 Å². The Morgan fingerprint density at radius 1 is 1.00 bits per heavy atom. The SMILES string of the molecule is CC(C)n1c(CCC2CC(CC(=O)O)OC(C)(C)O2)c(-c2ccc(F)cc2)c(-c2ccccc2)c1C(=O)NCc1cccc(CN=[N+]=[N-])c1. The van der Waals surface area contributed by atoms with Gasteiger partial charge in [0.25, 0.3) is 5.91 Å². The molecule has 1 amide bonds. The number of nitrogens with zero attached hydrogens (tertiary/aromatic N) is 4. The van der Waals surface area contributed by atoms with Crippen molar-refractivity contribution in [3.05, 3.63) is 118 Å². The van der Waals surface area contributed by atoms with Crippen LogP contribution in [0.3, 0.4) is 0 Å². The molecule has 3 aromatic carbocycles. The highest BCUT2D eigenvalue weighted by molar-refractivity contribution is 6.05. The van der Waals surface area contributed by atoms with E-state index in [4.69, 9.17) is 15.0 Å². The lowest BCUT2D eigenvalue weighted by Gasteiger charge is -2.40. The Morgan fingerprint density at radius 2 is 1.67 bits per heavy atom. The maximum atomic E-state index is 14.4. The van der Waals surface area contributed by atoms with E-state index in [1.54, 1.807) is 26.0 Å². The van der Waals surface area contributed by atoms with Crippen LogP contribution in [-0.4, -0.2) is 39.5 Å². The van der Waals surface area contributed by atoms with Gasteiger partial charge in [0.15, 0.2) is 5.79 Å². The third-order valence-electron chi connectivity index (χ3n) is 8.53. The first-order chi connectivity index (χ1) is 23.5. The van der Waals surface area contributed by atoms with Crippen molar-refractivity contribution in [2.45, 2.75) is 90.5 Å². The fourth-order valence-corrected chi connectivity index (χ4v) is 6.72. The topological polar surface area (TPSA) is 139 Å². The molecule has 2 heterocycles. The van der Waals surface area contributed by atoms with Gasteiger partial charge in [0.2, 0.25) is 0 Å². The number of azide groups is 1. The standard InChI is InChI=1S/C38H42FN5O5/c1-24(2)44-32(18-17-30-20-31(21-33(45)46)49-38(3,4)48-30)34(28-13-15-29(39)16-14-28)35(27-11-6-5-7-12-27)36(44)37(47)41-22-25-9-8-10-26(19-25)23-42-43-40/h5-16,19,24,30-31H,17-18,20-23H2,1-4H3,(H,41,47)(H,45,46). The molecule has 5 rings (SSSR count). The Bertz CT molecular complexity index is 1830. The molecular weight excluding hydrogens is 625 g/mol. The Hall–Kier alpha value is -4.96. The minimum absolute atomic E-state index is 0.122. The molecule has 1 aliphatic rings. The van der Waals surface area contributed by atoms with E-state index in [1.807, 2.05) is 68.4 Å². The van der Waals surface area contributed by atoms with E-state index in [1.165, 1.54) is 12.1 Å². The number of carbonyl (C=O) groups is 2. The van der Waals surface area contributed by atoms with Crippen molar-refractivity contribution in [2.24, 2.45) is 5.11 Å². The number of carbonyl (C=O) groups excluding carboxylic acids is 1.